The molecule has 2 aliphatic rings. The van der Waals surface area contributed by atoms with Crippen LogP contribution in [0.4, 0.5) is 0 Å². The lowest BCUT2D eigenvalue weighted by molar-refractivity contribution is 0.465. The molecule has 0 aliphatic carbocycles. The number of ether oxygens (including phenoxy) is 2. The highest BCUT2D eigenvalue weighted by Gasteiger charge is 2.42. The minimum Gasteiger partial charge on any atom is -0.458 e. The zero-order valence-corrected chi connectivity index (χ0v) is 24.7. The molecule has 0 fully saturated rings. The standard InChI is InChI=1S/C42H29BO2Si/c1-4-16-32(17-5-1)46(33-18-6-2-7-19-33,34-20-8-3-9-21-34)35-22-14-15-30(27-35)31-28-40-42-41(29-31)45-39-26-13-11-24-37(39)43(42)36-23-10-12-25-38(36)44-40/h1-29H/i1D,2D,3D,4D,5D,6D,7D,8D,9D,14D,15D,16D,17D,18D,19D,20D,21D,22D,27D. The highest BCUT2D eigenvalue weighted by atomic mass is 28.3. The molecule has 0 atom stereocenters. The molecule has 0 N–H and O–H groups in total. The summed E-state index contributed by atoms with van der Waals surface area (Å²) in [5.41, 5.74) is 1.72. The molecule has 0 aromatic heterocycles. The van der Waals surface area contributed by atoms with Crippen molar-refractivity contribution < 1.29 is 35.5 Å². The normalized spacial score (nSPS) is 18.4. The summed E-state index contributed by atoms with van der Waals surface area (Å²) in [5.74, 6) is 1.37. The Hall–Kier alpha value is -5.58. The maximum Gasteiger partial charge on any atom is 0.260 e. The van der Waals surface area contributed by atoms with Crippen molar-refractivity contribution in [3.8, 4) is 34.1 Å². The summed E-state index contributed by atoms with van der Waals surface area (Å²) in [7, 11) is -6.01. The maximum absolute atomic E-state index is 10.2. The Morgan fingerprint density at radius 1 is 0.457 bits per heavy atom. The predicted molar refractivity (Wildman–Crippen MR) is 193 cm³/mol. The summed E-state index contributed by atoms with van der Waals surface area (Å²) in [6.45, 7) is -0.412. The van der Waals surface area contributed by atoms with Gasteiger partial charge in [0.2, 0.25) is 0 Å². The summed E-state index contributed by atoms with van der Waals surface area (Å²) in [6, 6.07) is -1.70. The average Bonchev–Trinajstić information content (AvgIpc) is 3.29. The van der Waals surface area contributed by atoms with Gasteiger partial charge in [0.15, 0.2) is 8.07 Å². The number of fused-ring (bicyclic) bond motifs is 4. The average molecular weight is 624 g/mol. The van der Waals surface area contributed by atoms with Crippen molar-refractivity contribution in [2.45, 2.75) is 0 Å². The lowest BCUT2D eigenvalue weighted by Crippen LogP contribution is -2.74. The van der Waals surface area contributed by atoms with E-state index in [1.165, 1.54) is 12.1 Å². The Balaban J connectivity index is 1.53. The first-order valence-corrected chi connectivity index (χ1v) is 16.2. The molecular weight excluding hydrogens is 575 g/mol. The van der Waals surface area contributed by atoms with E-state index in [2.05, 4.69) is 0 Å². The third kappa shape index (κ3) is 4.11. The van der Waals surface area contributed by atoms with Gasteiger partial charge in [0.25, 0.3) is 6.71 Å². The molecule has 46 heavy (non-hydrogen) atoms. The van der Waals surface area contributed by atoms with Gasteiger partial charge in [0.05, 0.1) is 26.0 Å². The van der Waals surface area contributed by atoms with E-state index >= 15 is 0 Å². The fourth-order valence-corrected chi connectivity index (χ4v) is 9.84. The lowest BCUT2D eigenvalue weighted by atomic mass is 9.35. The van der Waals surface area contributed by atoms with Crippen LogP contribution in [0.1, 0.15) is 26.0 Å². The van der Waals surface area contributed by atoms with E-state index in [0.717, 1.165) is 10.9 Å². The largest absolute Gasteiger partial charge is 0.458 e. The van der Waals surface area contributed by atoms with Gasteiger partial charge in [-0.05, 0) is 67.1 Å². The summed E-state index contributed by atoms with van der Waals surface area (Å²) >= 11 is 0. The maximum atomic E-state index is 10.2. The van der Waals surface area contributed by atoms with Crippen molar-refractivity contribution in [2.24, 2.45) is 0 Å². The van der Waals surface area contributed by atoms with Crippen molar-refractivity contribution >= 4 is 51.9 Å². The Bertz CT molecular complexity index is 2980. The van der Waals surface area contributed by atoms with Crippen LogP contribution in [0.15, 0.2) is 175 Å². The van der Waals surface area contributed by atoms with Crippen molar-refractivity contribution in [3.05, 3.63) is 175 Å². The van der Waals surface area contributed by atoms with Crippen molar-refractivity contribution in [2.75, 3.05) is 0 Å². The number of para-hydroxylation sites is 2. The van der Waals surface area contributed by atoms with Crippen LogP contribution in [-0.2, 0) is 0 Å². The minimum absolute atomic E-state index is 0.0351. The Labute approximate surface area is 297 Å². The zero-order chi connectivity index (χ0) is 47.0. The molecule has 7 aromatic carbocycles. The molecule has 0 saturated heterocycles. The molecule has 0 spiro atoms. The van der Waals surface area contributed by atoms with E-state index in [4.69, 9.17) is 21.8 Å². The number of hydrogen-bond donors (Lipinski definition) is 0. The van der Waals surface area contributed by atoms with E-state index in [0.29, 0.717) is 17.0 Å². The fraction of sp³-hybridized carbons (Fsp3) is 0. The summed E-state index contributed by atoms with van der Waals surface area (Å²) in [5, 5.41) is -3.62. The molecule has 0 unspecified atom stereocenters. The fourth-order valence-electron chi connectivity index (χ4n) is 6.28. The molecule has 4 heteroatoms. The molecule has 2 aliphatic heterocycles. The Morgan fingerprint density at radius 2 is 0.913 bits per heavy atom. The van der Waals surface area contributed by atoms with Crippen LogP contribution in [0.5, 0.6) is 23.0 Å². The van der Waals surface area contributed by atoms with Crippen molar-refractivity contribution in [3.63, 3.8) is 0 Å². The second-order valence-corrected chi connectivity index (χ2v) is 14.1. The lowest BCUT2D eigenvalue weighted by Gasteiger charge is -2.35. The van der Waals surface area contributed by atoms with Gasteiger partial charge in [0.1, 0.15) is 23.0 Å². The molecule has 0 bridgehead atoms. The number of hydrogen-bond acceptors (Lipinski definition) is 2. The van der Waals surface area contributed by atoms with Crippen LogP contribution in [0.25, 0.3) is 11.1 Å². The molecule has 216 valence electrons. The van der Waals surface area contributed by atoms with Crippen LogP contribution in [0.2, 0.25) is 0 Å². The third-order valence-electron chi connectivity index (χ3n) is 8.21. The van der Waals surface area contributed by atoms with Gasteiger partial charge in [0, 0.05) is 5.46 Å². The Morgan fingerprint density at radius 3 is 1.41 bits per heavy atom. The van der Waals surface area contributed by atoms with E-state index in [-0.39, 0.29) is 17.1 Å². The second kappa shape index (κ2) is 10.8. The van der Waals surface area contributed by atoms with Crippen LogP contribution in [0, 0.1) is 0 Å². The van der Waals surface area contributed by atoms with Gasteiger partial charge < -0.3 is 9.47 Å². The minimum atomic E-state index is -6.01. The van der Waals surface area contributed by atoms with Gasteiger partial charge >= 0.3 is 0 Å². The molecule has 0 saturated carbocycles. The molecule has 0 radical (unpaired) electrons. The first kappa shape index (κ1) is 13.8. The molecule has 2 nitrogen and oxygen atoms in total. The predicted octanol–water partition coefficient (Wildman–Crippen LogP) is 5.46. The topological polar surface area (TPSA) is 18.5 Å². The summed E-state index contributed by atoms with van der Waals surface area (Å²) in [6.07, 6.45) is 0. The van der Waals surface area contributed by atoms with Crippen LogP contribution < -0.4 is 46.6 Å². The smallest absolute Gasteiger partial charge is 0.260 e. The van der Waals surface area contributed by atoms with Crippen molar-refractivity contribution in [1.29, 1.82) is 0 Å². The quantitative estimate of drug-likeness (QED) is 0.187. The first-order chi connectivity index (χ1) is 30.7. The summed E-state index contributed by atoms with van der Waals surface area (Å²) < 4.78 is 186. The zero-order valence-electron chi connectivity index (χ0n) is 42.7. The van der Waals surface area contributed by atoms with Gasteiger partial charge in [-0.15, -0.1) is 0 Å². The van der Waals surface area contributed by atoms with E-state index in [1.54, 1.807) is 24.3 Å². The van der Waals surface area contributed by atoms with Crippen molar-refractivity contribution in [1.82, 2.24) is 0 Å². The van der Waals surface area contributed by atoms with Gasteiger partial charge in [-0.3, -0.25) is 0 Å². The molecular formula is C42H29BO2Si. The van der Waals surface area contributed by atoms with Crippen LogP contribution >= 0.6 is 0 Å². The van der Waals surface area contributed by atoms with Crippen LogP contribution in [0.3, 0.4) is 0 Å². The number of rotatable bonds is 5. The summed E-state index contributed by atoms with van der Waals surface area (Å²) in [4.78, 5) is 0. The van der Waals surface area contributed by atoms with Gasteiger partial charge in [-0.25, -0.2) is 0 Å². The molecule has 7 aromatic rings. The first-order valence-electron chi connectivity index (χ1n) is 23.7. The molecule has 2 heterocycles. The highest BCUT2D eigenvalue weighted by Crippen LogP contribution is 2.38. The van der Waals surface area contributed by atoms with E-state index < -0.39 is 156 Å². The second-order valence-electron chi connectivity index (χ2n) is 10.6. The monoisotopic (exact) mass is 623 g/mol. The highest BCUT2D eigenvalue weighted by molar-refractivity contribution is 7.19. The number of benzene rings is 7. The Kier molecular flexibility index (Phi) is 3.24. The molecule has 0 amide bonds. The van der Waals surface area contributed by atoms with E-state index in [9.17, 15) is 13.7 Å². The van der Waals surface area contributed by atoms with E-state index in [1.807, 2.05) is 24.3 Å². The SMILES string of the molecule is [2H]c1c([2H])c([2H])c([Si](c2c([2H])c([2H])c([2H])c([2H])c2[2H])(c2c([2H])c([2H])c([2H])c([2H])c2[2H])c2c([2H])c([2H])c([2H])c(-c3cc4c5c(c3)Oc3ccccc3B5c3ccccc3O4)c2[2H])c([2H])c1[2H]. The third-order valence-corrected chi connectivity index (χ3v) is 12.2. The van der Waals surface area contributed by atoms with Gasteiger partial charge in [-0.1, -0.05) is 151 Å². The van der Waals surface area contributed by atoms with Crippen LogP contribution in [-0.4, -0.2) is 14.8 Å². The van der Waals surface area contributed by atoms with Gasteiger partial charge in [-0.2, -0.15) is 0 Å². The molecule has 9 rings (SSSR count).